The van der Waals surface area contributed by atoms with E-state index < -0.39 is 10.9 Å². The SMILES string of the molecule is O=[N+]([O-])c1ncn(Cc2cc(-c3ccco3)on2)n1. The molecule has 0 radical (unpaired) electrons. The molecule has 0 aliphatic heterocycles. The Hall–Kier alpha value is -2.97. The van der Waals surface area contributed by atoms with Crippen LogP contribution in [0, 0.1) is 10.1 Å². The van der Waals surface area contributed by atoms with Crippen LogP contribution in [-0.2, 0) is 6.54 Å². The summed E-state index contributed by atoms with van der Waals surface area (Å²) < 4.78 is 11.6. The molecule has 0 fully saturated rings. The topological polar surface area (TPSA) is 113 Å². The van der Waals surface area contributed by atoms with E-state index in [9.17, 15) is 10.1 Å². The van der Waals surface area contributed by atoms with Gasteiger partial charge in [-0.1, -0.05) is 10.1 Å². The minimum atomic E-state index is -0.659. The Bertz CT molecular complexity index is 699. The maximum atomic E-state index is 10.4. The molecule has 3 aromatic heterocycles. The summed E-state index contributed by atoms with van der Waals surface area (Å²) in [7, 11) is 0. The van der Waals surface area contributed by atoms with Gasteiger partial charge in [-0.2, -0.15) is 4.68 Å². The number of hydrogen-bond acceptors (Lipinski definition) is 7. The fourth-order valence-corrected chi connectivity index (χ4v) is 1.53. The molecule has 0 amide bonds. The summed E-state index contributed by atoms with van der Waals surface area (Å²) in [4.78, 5) is 13.3. The van der Waals surface area contributed by atoms with E-state index in [-0.39, 0.29) is 6.54 Å². The van der Waals surface area contributed by atoms with Crippen LogP contribution in [0.2, 0.25) is 0 Å². The summed E-state index contributed by atoms with van der Waals surface area (Å²) in [6.45, 7) is 0.227. The van der Waals surface area contributed by atoms with Crippen molar-refractivity contribution in [2.45, 2.75) is 6.54 Å². The minimum Gasteiger partial charge on any atom is -0.461 e. The molecule has 96 valence electrons. The molecule has 3 aromatic rings. The van der Waals surface area contributed by atoms with Gasteiger partial charge in [0.05, 0.1) is 6.26 Å². The number of aromatic nitrogens is 4. The highest BCUT2D eigenvalue weighted by Crippen LogP contribution is 2.20. The molecule has 3 heterocycles. The molecule has 0 aliphatic carbocycles. The van der Waals surface area contributed by atoms with Gasteiger partial charge in [-0.05, 0) is 17.1 Å². The van der Waals surface area contributed by atoms with E-state index in [1.807, 2.05) is 0 Å². The number of furan rings is 1. The molecule has 3 rings (SSSR count). The van der Waals surface area contributed by atoms with Crippen LogP contribution < -0.4 is 0 Å². The fraction of sp³-hybridized carbons (Fsp3) is 0.100. The van der Waals surface area contributed by atoms with Crippen LogP contribution in [-0.4, -0.2) is 24.8 Å². The van der Waals surface area contributed by atoms with Gasteiger partial charge in [0.1, 0.15) is 12.2 Å². The summed E-state index contributed by atoms with van der Waals surface area (Å²) >= 11 is 0. The average molecular weight is 261 g/mol. The van der Waals surface area contributed by atoms with E-state index in [2.05, 4.69) is 15.2 Å². The lowest BCUT2D eigenvalue weighted by Gasteiger charge is -1.89. The number of nitrogens with zero attached hydrogens (tertiary/aromatic N) is 5. The predicted molar refractivity (Wildman–Crippen MR) is 60.0 cm³/mol. The summed E-state index contributed by atoms with van der Waals surface area (Å²) in [6.07, 6.45) is 2.79. The van der Waals surface area contributed by atoms with Crippen molar-refractivity contribution in [2.75, 3.05) is 0 Å². The van der Waals surface area contributed by atoms with E-state index in [4.69, 9.17) is 8.94 Å². The van der Waals surface area contributed by atoms with E-state index in [0.29, 0.717) is 17.2 Å². The fourth-order valence-electron chi connectivity index (χ4n) is 1.53. The molecule has 0 aliphatic rings. The van der Waals surface area contributed by atoms with E-state index in [1.54, 1.807) is 18.2 Å². The highest BCUT2D eigenvalue weighted by atomic mass is 16.6. The summed E-state index contributed by atoms with van der Waals surface area (Å²) in [6, 6.07) is 5.15. The van der Waals surface area contributed by atoms with Crippen LogP contribution in [0.25, 0.3) is 11.5 Å². The lowest BCUT2D eigenvalue weighted by atomic mass is 10.3. The van der Waals surface area contributed by atoms with Crippen molar-refractivity contribution in [1.82, 2.24) is 19.9 Å². The third kappa shape index (κ3) is 2.20. The molecule has 0 aromatic carbocycles. The second-order valence-electron chi connectivity index (χ2n) is 3.66. The van der Waals surface area contributed by atoms with Crippen LogP contribution >= 0.6 is 0 Å². The van der Waals surface area contributed by atoms with Crippen molar-refractivity contribution in [3.8, 4) is 11.5 Å². The Morgan fingerprint density at radius 2 is 2.32 bits per heavy atom. The lowest BCUT2D eigenvalue weighted by Crippen LogP contribution is -2.01. The number of nitro groups is 1. The second kappa shape index (κ2) is 4.37. The van der Waals surface area contributed by atoms with Gasteiger partial charge in [0.25, 0.3) is 0 Å². The van der Waals surface area contributed by atoms with E-state index in [0.717, 1.165) is 0 Å². The first-order valence-corrected chi connectivity index (χ1v) is 5.25. The van der Waals surface area contributed by atoms with Gasteiger partial charge in [0.2, 0.25) is 12.1 Å². The van der Waals surface area contributed by atoms with Gasteiger partial charge in [0, 0.05) is 11.2 Å². The standard InChI is InChI=1S/C10H7N5O4/c16-15(17)10-11-6-14(12-10)5-7-4-9(19-13-7)8-2-1-3-18-8/h1-4,6H,5H2. The summed E-state index contributed by atoms with van der Waals surface area (Å²) in [5.74, 6) is 0.590. The quantitative estimate of drug-likeness (QED) is 0.516. The van der Waals surface area contributed by atoms with Crippen molar-refractivity contribution in [3.63, 3.8) is 0 Å². The van der Waals surface area contributed by atoms with Crippen LogP contribution in [0.5, 0.6) is 0 Å². The molecule has 0 atom stereocenters. The zero-order valence-corrected chi connectivity index (χ0v) is 9.46. The van der Waals surface area contributed by atoms with Crippen molar-refractivity contribution < 1.29 is 13.9 Å². The number of hydrogen-bond donors (Lipinski definition) is 0. The Balaban J connectivity index is 1.78. The molecule has 0 spiro atoms. The average Bonchev–Trinajstić information content (AvgIpc) is 3.09. The zero-order valence-electron chi connectivity index (χ0n) is 9.46. The Kier molecular flexibility index (Phi) is 2.56. The molecular formula is C10H7N5O4. The first kappa shape index (κ1) is 11.1. The summed E-state index contributed by atoms with van der Waals surface area (Å²) in [5.41, 5.74) is 0.561. The Labute approximate surface area is 105 Å². The first-order valence-electron chi connectivity index (χ1n) is 5.25. The third-order valence-electron chi connectivity index (χ3n) is 2.33. The molecule has 0 saturated carbocycles. The molecule has 0 N–H and O–H groups in total. The smallest absolute Gasteiger partial charge is 0.461 e. The van der Waals surface area contributed by atoms with Crippen molar-refractivity contribution in [2.24, 2.45) is 0 Å². The monoisotopic (exact) mass is 261 g/mol. The zero-order chi connectivity index (χ0) is 13.2. The van der Waals surface area contributed by atoms with E-state index >= 15 is 0 Å². The lowest BCUT2D eigenvalue weighted by molar-refractivity contribution is -0.394. The Morgan fingerprint density at radius 1 is 1.42 bits per heavy atom. The van der Waals surface area contributed by atoms with Crippen molar-refractivity contribution in [1.29, 1.82) is 0 Å². The highest BCUT2D eigenvalue weighted by Gasteiger charge is 2.15. The van der Waals surface area contributed by atoms with Crippen LogP contribution in [0.4, 0.5) is 5.95 Å². The maximum Gasteiger partial charge on any atom is 0.490 e. The van der Waals surface area contributed by atoms with Gasteiger partial charge in [-0.3, -0.25) is 0 Å². The molecule has 0 bridgehead atoms. The summed E-state index contributed by atoms with van der Waals surface area (Å²) in [5, 5.41) is 18.0. The molecule has 0 saturated heterocycles. The third-order valence-corrected chi connectivity index (χ3v) is 2.33. The molecule has 9 heteroatoms. The predicted octanol–water partition coefficient (Wildman–Crippen LogP) is 1.48. The maximum absolute atomic E-state index is 10.4. The molecule has 0 unspecified atom stereocenters. The van der Waals surface area contributed by atoms with Gasteiger partial charge < -0.3 is 19.1 Å². The van der Waals surface area contributed by atoms with Crippen molar-refractivity contribution >= 4 is 5.95 Å². The Morgan fingerprint density at radius 3 is 3.00 bits per heavy atom. The molecular weight excluding hydrogens is 254 g/mol. The van der Waals surface area contributed by atoms with Gasteiger partial charge in [0.15, 0.2) is 5.76 Å². The molecule has 19 heavy (non-hydrogen) atoms. The largest absolute Gasteiger partial charge is 0.490 e. The minimum absolute atomic E-state index is 0.227. The van der Waals surface area contributed by atoms with Crippen LogP contribution in [0.1, 0.15) is 5.69 Å². The van der Waals surface area contributed by atoms with Crippen LogP contribution in [0.15, 0.2) is 39.7 Å². The highest BCUT2D eigenvalue weighted by molar-refractivity contribution is 5.49. The van der Waals surface area contributed by atoms with Gasteiger partial charge in [-0.15, -0.1) is 0 Å². The van der Waals surface area contributed by atoms with Crippen molar-refractivity contribution in [3.05, 3.63) is 46.6 Å². The number of rotatable bonds is 4. The molecule has 9 nitrogen and oxygen atoms in total. The van der Waals surface area contributed by atoms with Crippen LogP contribution in [0.3, 0.4) is 0 Å². The van der Waals surface area contributed by atoms with Gasteiger partial charge in [-0.25, -0.2) is 0 Å². The first-order chi connectivity index (χ1) is 9.22. The second-order valence-corrected chi connectivity index (χ2v) is 3.66. The normalized spacial score (nSPS) is 10.7. The van der Waals surface area contributed by atoms with Gasteiger partial charge >= 0.3 is 5.95 Å². The van der Waals surface area contributed by atoms with E-state index in [1.165, 1.54) is 17.3 Å².